The molecule has 3 heterocycles. The van der Waals surface area contributed by atoms with Gasteiger partial charge in [-0.25, -0.2) is 0 Å². The second kappa shape index (κ2) is 10.9. The number of nitrogens with zero attached hydrogens (tertiary/aromatic N) is 2. The monoisotopic (exact) mass is 520 g/mol. The molecule has 3 aliphatic heterocycles. The minimum absolute atomic E-state index is 0.0570. The predicted octanol–water partition coefficient (Wildman–Crippen LogP) is 3.66. The van der Waals surface area contributed by atoms with Crippen LogP contribution in [0.2, 0.25) is 0 Å². The van der Waals surface area contributed by atoms with Crippen molar-refractivity contribution in [2.75, 3.05) is 19.8 Å². The third-order valence-electron chi connectivity index (χ3n) is 7.99. The lowest BCUT2D eigenvalue weighted by atomic mass is 9.66. The fourth-order valence-corrected chi connectivity index (χ4v) is 8.92. The number of thioether (sulfide) groups is 1. The smallest absolute Gasteiger partial charge is 0.310 e. The zero-order chi connectivity index (χ0) is 27.0. The van der Waals surface area contributed by atoms with E-state index >= 15 is 0 Å². The summed E-state index contributed by atoms with van der Waals surface area (Å²) in [6.07, 6.45) is 5.27. The maximum Gasteiger partial charge on any atom is 0.310 e. The van der Waals surface area contributed by atoms with E-state index in [-0.39, 0.29) is 48.1 Å². The number of ether oxygens (including phenoxy) is 1. The number of carbonyl (C=O) groups is 3. The fraction of sp³-hybridized carbons (Fsp3) is 0.750. The number of aliphatic hydroxyl groups is 1. The Balaban J connectivity index is 2.13. The van der Waals surface area contributed by atoms with Crippen LogP contribution in [-0.4, -0.2) is 80.1 Å². The number of hydrogen-bond acceptors (Lipinski definition) is 6. The largest absolute Gasteiger partial charge is 0.465 e. The van der Waals surface area contributed by atoms with Crippen LogP contribution in [0.15, 0.2) is 25.3 Å². The summed E-state index contributed by atoms with van der Waals surface area (Å²) in [4.78, 5) is 45.5. The molecular weight excluding hydrogens is 476 g/mol. The maximum absolute atomic E-state index is 14.5. The van der Waals surface area contributed by atoms with Crippen LogP contribution in [0.5, 0.6) is 0 Å². The maximum atomic E-state index is 14.5. The van der Waals surface area contributed by atoms with Crippen molar-refractivity contribution in [3.05, 3.63) is 25.3 Å². The summed E-state index contributed by atoms with van der Waals surface area (Å²) in [7, 11) is 0. The molecule has 3 saturated heterocycles. The molecule has 3 unspecified atom stereocenters. The highest BCUT2D eigenvalue weighted by Gasteiger charge is 2.77. The third-order valence-corrected chi connectivity index (χ3v) is 10.1. The lowest BCUT2D eigenvalue weighted by molar-refractivity contribution is -0.155. The molecule has 1 spiro atoms. The topological polar surface area (TPSA) is 87.1 Å². The van der Waals surface area contributed by atoms with Gasteiger partial charge in [0.1, 0.15) is 6.04 Å². The Morgan fingerprint density at radius 3 is 2.50 bits per heavy atom. The number of aliphatic hydroxyl groups excluding tert-OH is 1. The Morgan fingerprint density at radius 2 is 1.97 bits per heavy atom. The molecule has 3 aliphatic rings. The first-order chi connectivity index (χ1) is 16.9. The average molecular weight is 521 g/mol. The summed E-state index contributed by atoms with van der Waals surface area (Å²) >= 11 is 1.63. The SMILES string of the molecule is C=CCCOC(=O)[C@@H]1[C@H]2C(=O)N([C@@H](CO)CC(C)C)C(C(=O)N(CC=C)C(C)(C)C)C23S[C@@H]1CC3C. The average Bonchev–Trinajstić information content (AvgIpc) is 3.38. The van der Waals surface area contributed by atoms with Crippen molar-refractivity contribution >= 4 is 29.5 Å². The first-order valence-electron chi connectivity index (χ1n) is 13.2. The predicted molar refractivity (Wildman–Crippen MR) is 143 cm³/mol. The Bertz CT molecular complexity index is 884. The number of fused-ring (bicyclic) bond motifs is 1. The first kappa shape index (κ1) is 28.8. The van der Waals surface area contributed by atoms with E-state index in [0.717, 1.165) is 6.42 Å². The molecule has 0 aromatic rings. The highest BCUT2D eigenvalue weighted by atomic mass is 32.2. The van der Waals surface area contributed by atoms with Crippen LogP contribution in [0.25, 0.3) is 0 Å². The molecule has 1 N–H and O–H groups in total. The molecule has 36 heavy (non-hydrogen) atoms. The van der Waals surface area contributed by atoms with Crippen molar-refractivity contribution in [3.63, 3.8) is 0 Å². The molecule has 0 aromatic heterocycles. The summed E-state index contributed by atoms with van der Waals surface area (Å²) in [6, 6.07) is -1.26. The highest BCUT2D eigenvalue weighted by Crippen LogP contribution is 2.69. The van der Waals surface area contributed by atoms with Gasteiger partial charge in [0.15, 0.2) is 0 Å². The molecule has 3 fully saturated rings. The Hall–Kier alpha value is -1.80. The molecule has 3 rings (SSSR count). The van der Waals surface area contributed by atoms with Crippen molar-refractivity contribution in [3.8, 4) is 0 Å². The number of esters is 1. The van der Waals surface area contributed by atoms with Crippen LogP contribution < -0.4 is 0 Å². The van der Waals surface area contributed by atoms with E-state index in [1.54, 1.807) is 33.7 Å². The van der Waals surface area contributed by atoms with Crippen molar-refractivity contribution in [2.45, 2.75) is 88.4 Å². The lowest BCUT2D eigenvalue weighted by Crippen LogP contribution is -2.62. The molecule has 2 bridgehead atoms. The minimum Gasteiger partial charge on any atom is -0.465 e. The van der Waals surface area contributed by atoms with E-state index in [1.807, 2.05) is 34.6 Å². The summed E-state index contributed by atoms with van der Waals surface area (Å²) in [5, 5.41) is 10.4. The normalized spacial score (nSPS) is 31.9. The van der Waals surface area contributed by atoms with E-state index < -0.39 is 34.2 Å². The van der Waals surface area contributed by atoms with Gasteiger partial charge in [0.05, 0.1) is 35.8 Å². The number of amides is 2. The van der Waals surface area contributed by atoms with Gasteiger partial charge in [-0.1, -0.05) is 32.9 Å². The van der Waals surface area contributed by atoms with E-state index in [1.165, 1.54) is 0 Å². The van der Waals surface area contributed by atoms with E-state index in [4.69, 9.17) is 4.74 Å². The molecule has 0 aromatic carbocycles. The second-order valence-electron chi connectivity index (χ2n) is 11.9. The third kappa shape index (κ3) is 4.75. The van der Waals surface area contributed by atoms with E-state index in [0.29, 0.717) is 19.4 Å². The highest BCUT2D eigenvalue weighted by molar-refractivity contribution is 8.02. The van der Waals surface area contributed by atoms with Gasteiger partial charge in [0.2, 0.25) is 11.8 Å². The fourth-order valence-electron chi connectivity index (χ4n) is 6.53. The van der Waals surface area contributed by atoms with Gasteiger partial charge in [-0.2, -0.15) is 0 Å². The lowest BCUT2D eigenvalue weighted by Gasteiger charge is -2.45. The van der Waals surface area contributed by atoms with Crippen LogP contribution in [0.1, 0.15) is 60.8 Å². The summed E-state index contributed by atoms with van der Waals surface area (Å²) in [5.74, 6) is -1.66. The molecule has 7 nitrogen and oxygen atoms in total. The van der Waals surface area contributed by atoms with Crippen LogP contribution in [-0.2, 0) is 19.1 Å². The number of rotatable bonds is 11. The van der Waals surface area contributed by atoms with Gasteiger partial charge in [-0.05, 0) is 51.9 Å². The quantitative estimate of drug-likeness (QED) is 0.254. The molecule has 0 radical (unpaired) electrons. The molecule has 8 heteroatoms. The van der Waals surface area contributed by atoms with Gasteiger partial charge in [0, 0.05) is 17.3 Å². The summed E-state index contributed by atoms with van der Waals surface area (Å²) in [6.45, 7) is 20.0. The van der Waals surface area contributed by atoms with Gasteiger partial charge < -0.3 is 19.6 Å². The van der Waals surface area contributed by atoms with Crippen LogP contribution >= 0.6 is 11.8 Å². The van der Waals surface area contributed by atoms with Gasteiger partial charge >= 0.3 is 5.97 Å². The van der Waals surface area contributed by atoms with Crippen molar-refractivity contribution in [2.24, 2.45) is 23.7 Å². The van der Waals surface area contributed by atoms with Crippen LogP contribution in [0.3, 0.4) is 0 Å². The van der Waals surface area contributed by atoms with Crippen molar-refractivity contribution in [1.82, 2.24) is 9.80 Å². The van der Waals surface area contributed by atoms with E-state index in [9.17, 15) is 19.5 Å². The van der Waals surface area contributed by atoms with Crippen molar-refractivity contribution < 1.29 is 24.2 Å². The summed E-state index contributed by atoms with van der Waals surface area (Å²) < 4.78 is 4.84. The van der Waals surface area contributed by atoms with Gasteiger partial charge in [0.25, 0.3) is 0 Å². The number of hydrogen-bond donors (Lipinski definition) is 1. The Kier molecular flexibility index (Phi) is 8.71. The zero-order valence-corrected chi connectivity index (χ0v) is 23.6. The molecule has 0 aliphatic carbocycles. The molecule has 2 amide bonds. The Labute approximate surface area is 220 Å². The van der Waals surface area contributed by atoms with Gasteiger partial charge in [-0.15, -0.1) is 24.9 Å². The standard InChI is InChI=1S/C28H44N2O5S/c1-9-11-13-35-26(34)21-20-15-18(5)28(36-20)22(21)24(32)30(19(16-31)14-17(3)4)23(28)25(33)29(12-10-2)27(6,7)8/h9-10,17-23,31H,1-2,11-16H2,3-8H3/t18?,19-,20-,21+,22+,23?,28?/m1/s1. The summed E-state index contributed by atoms with van der Waals surface area (Å²) in [5.41, 5.74) is -0.491. The molecule has 0 saturated carbocycles. The molecule has 202 valence electrons. The Morgan fingerprint density at radius 1 is 1.31 bits per heavy atom. The molecular formula is C28H44N2O5S. The van der Waals surface area contributed by atoms with E-state index in [2.05, 4.69) is 20.1 Å². The zero-order valence-electron chi connectivity index (χ0n) is 22.7. The minimum atomic E-state index is -0.763. The number of carbonyl (C=O) groups excluding carboxylic acids is 3. The van der Waals surface area contributed by atoms with Crippen LogP contribution in [0.4, 0.5) is 0 Å². The van der Waals surface area contributed by atoms with Gasteiger partial charge in [-0.3, -0.25) is 14.4 Å². The van der Waals surface area contributed by atoms with Crippen molar-refractivity contribution in [1.29, 1.82) is 0 Å². The van der Waals surface area contributed by atoms with Crippen LogP contribution in [0, 0.1) is 23.7 Å². The number of likely N-dealkylation sites (tertiary alicyclic amines) is 1. The second-order valence-corrected chi connectivity index (χ2v) is 13.5. The first-order valence-corrected chi connectivity index (χ1v) is 14.0. The molecule has 7 atom stereocenters.